The molecule has 0 aliphatic rings. The fourth-order valence-corrected chi connectivity index (χ4v) is 1.61. The van der Waals surface area contributed by atoms with E-state index >= 15 is 0 Å². The molecule has 0 aliphatic heterocycles. The third kappa shape index (κ3) is 2.62. The smallest absolute Gasteiger partial charge is 0.296 e. The topological polar surface area (TPSA) is 54.9 Å². The lowest BCUT2D eigenvalue weighted by molar-refractivity contribution is 0.593. The van der Waals surface area contributed by atoms with Crippen LogP contribution in [0.2, 0.25) is 5.02 Å². The molecule has 1 N–H and O–H groups in total. The SMILES string of the molecule is O=c1ccn(Cc2cc(Cl)ccc2F)c(=O)[nH]1. The first kappa shape index (κ1) is 11.6. The van der Waals surface area contributed by atoms with Gasteiger partial charge in [0.25, 0.3) is 5.56 Å². The molecule has 0 spiro atoms. The van der Waals surface area contributed by atoms with Gasteiger partial charge in [-0.2, -0.15) is 0 Å². The lowest BCUT2D eigenvalue weighted by atomic mass is 10.2. The van der Waals surface area contributed by atoms with E-state index in [9.17, 15) is 14.0 Å². The van der Waals surface area contributed by atoms with E-state index in [1.807, 2.05) is 0 Å². The Morgan fingerprint density at radius 1 is 1.29 bits per heavy atom. The van der Waals surface area contributed by atoms with Crippen LogP contribution in [0.4, 0.5) is 4.39 Å². The number of nitrogens with one attached hydrogen (secondary N) is 1. The molecule has 1 aromatic heterocycles. The quantitative estimate of drug-likeness (QED) is 0.880. The predicted molar refractivity (Wildman–Crippen MR) is 61.8 cm³/mol. The van der Waals surface area contributed by atoms with Crippen molar-refractivity contribution in [1.29, 1.82) is 0 Å². The van der Waals surface area contributed by atoms with Gasteiger partial charge >= 0.3 is 5.69 Å². The fourth-order valence-electron chi connectivity index (χ4n) is 1.42. The zero-order valence-electron chi connectivity index (χ0n) is 8.61. The van der Waals surface area contributed by atoms with Gasteiger partial charge in [-0.15, -0.1) is 0 Å². The maximum absolute atomic E-state index is 13.4. The van der Waals surface area contributed by atoms with E-state index in [0.29, 0.717) is 5.02 Å². The van der Waals surface area contributed by atoms with Crippen LogP contribution in [0, 0.1) is 5.82 Å². The molecule has 0 radical (unpaired) electrons. The standard InChI is InChI=1S/C11H8ClFN2O2/c12-8-1-2-9(13)7(5-8)6-15-4-3-10(16)14-11(15)17/h1-5H,6H2,(H,14,16,17). The molecule has 1 aromatic carbocycles. The van der Waals surface area contributed by atoms with Gasteiger partial charge in [0.15, 0.2) is 0 Å². The van der Waals surface area contributed by atoms with E-state index < -0.39 is 17.1 Å². The monoisotopic (exact) mass is 254 g/mol. The van der Waals surface area contributed by atoms with Crippen molar-refractivity contribution in [3.8, 4) is 0 Å². The number of aromatic nitrogens is 2. The molecule has 4 nitrogen and oxygen atoms in total. The van der Waals surface area contributed by atoms with Gasteiger partial charge < -0.3 is 0 Å². The third-order valence-electron chi connectivity index (χ3n) is 2.25. The number of aromatic amines is 1. The van der Waals surface area contributed by atoms with Gasteiger partial charge in [0.05, 0.1) is 6.54 Å². The van der Waals surface area contributed by atoms with Gasteiger partial charge in [0, 0.05) is 22.8 Å². The number of hydrogen-bond donors (Lipinski definition) is 1. The van der Waals surface area contributed by atoms with Crippen molar-refractivity contribution in [2.24, 2.45) is 0 Å². The fraction of sp³-hybridized carbons (Fsp3) is 0.0909. The summed E-state index contributed by atoms with van der Waals surface area (Å²) in [7, 11) is 0. The van der Waals surface area contributed by atoms with Crippen molar-refractivity contribution in [2.45, 2.75) is 6.54 Å². The highest BCUT2D eigenvalue weighted by Crippen LogP contribution is 2.15. The molecule has 6 heteroatoms. The normalized spacial score (nSPS) is 10.5. The highest BCUT2D eigenvalue weighted by atomic mass is 35.5. The number of hydrogen-bond acceptors (Lipinski definition) is 2. The minimum atomic E-state index is -0.586. The molecule has 0 fully saturated rings. The summed E-state index contributed by atoms with van der Waals surface area (Å²) >= 11 is 5.74. The molecule has 0 unspecified atom stereocenters. The second-order valence-electron chi connectivity index (χ2n) is 3.47. The van der Waals surface area contributed by atoms with Crippen molar-refractivity contribution < 1.29 is 4.39 Å². The zero-order valence-corrected chi connectivity index (χ0v) is 9.37. The summed E-state index contributed by atoms with van der Waals surface area (Å²) in [6.07, 6.45) is 1.31. The van der Waals surface area contributed by atoms with Crippen molar-refractivity contribution in [3.05, 3.63) is 67.7 Å². The Balaban J connectivity index is 2.41. The van der Waals surface area contributed by atoms with E-state index in [1.165, 1.54) is 35.0 Å². The summed E-state index contributed by atoms with van der Waals surface area (Å²) in [4.78, 5) is 24.3. The Bertz CT molecular complexity index is 663. The van der Waals surface area contributed by atoms with Crippen LogP contribution < -0.4 is 11.2 Å². The molecule has 17 heavy (non-hydrogen) atoms. The summed E-state index contributed by atoms with van der Waals surface area (Å²) in [5, 5.41) is 0.388. The highest BCUT2D eigenvalue weighted by molar-refractivity contribution is 6.30. The van der Waals surface area contributed by atoms with E-state index in [4.69, 9.17) is 11.6 Å². The van der Waals surface area contributed by atoms with E-state index in [0.717, 1.165) is 0 Å². The Labute approximate surface area is 100 Å². The van der Waals surface area contributed by atoms with E-state index in [2.05, 4.69) is 4.98 Å². The molecule has 0 atom stereocenters. The number of H-pyrrole nitrogens is 1. The average molecular weight is 255 g/mol. The Kier molecular flexibility index (Phi) is 3.10. The van der Waals surface area contributed by atoms with Crippen LogP contribution in [0.25, 0.3) is 0 Å². The number of halogens is 2. The number of rotatable bonds is 2. The minimum absolute atomic E-state index is 0.0159. The molecule has 2 rings (SSSR count). The van der Waals surface area contributed by atoms with Crippen LogP contribution in [0.3, 0.4) is 0 Å². The molecule has 0 bridgehead atoms. The molecule has 0 aliphatic carbocycles. The molecule has 2 aromatic rings. The number of benzene rings is 1. The maximum atomic E-state index is 13.4. The summed E-state index contributed by atoms with van der Waals surface area (Å²) in [5.41, 5.74) is -0.790. The van der Waals surface area contributed by atoms with Crippen molar-refractivity contribution in [2.75, 3.05) is 0 Å². The Morgan fingerprint density at radius 3 is 2.76 bits per heavy atom. The largest absolute Gasteiger partial charge is 0.328 e. The second kappa shape index (κ2) is 4.55. The molecular weight excluding hydrogens is 247 g/mol. The van der Waals surface area contributed by atoms with Crippen LogP contribution in [0.1, 0.15) is 5.56 Å². The Hall–Kier alpha value is -1.88. The zero-order chi connectivity index (χ0) is 12.4. The highest BCUT2D eigenvalue weighted by Gasteiger charge is 2.05. The predicted octanol–water partition coefficient (Wildman–Crippen LogP) is 1.38. The molecule has 88 valence electrons. The van der Waals surface area contributed by atoms with Gasteiger partial charge in [0.1, 0.15) is 5.82 Å². The van der Waals surface area contributed by atoms with Crippen molar-refractivity contribution in [1.82, 2.24) is 9.55 Å². The average Bonchev–Trinajstić information content (AvgIpc) is 2.27. The maximum Gasteiger partial charge on any atom is 0.328 e. The van der Waals surface area contributed by atoms with Gasteiger partial charge in [0.2, 0.25) is 0 Å². The molecule has 0 saturated carbocycles. The van der Waals surface area contributed by atoms with Crippen molar-refractivity contribution >= 4 is 11.6 Å². The lowest BCUT2D eigenvalue weighted by Gasteiger charge is -2.06. The van der Waals surface area contributed by atoms with Gasteiger partial charge in [-0.05, 0) is 18.2 Å². The van der Waals surface area contributed by atoms with Crippen LogP contribution in [-0.2, 0) is 6.54 Å². The van der Waals surface area contributed by atoms with E-state index in [1.54, 1.807) is 0 Å². The second-order valence-corrected chi connectivity index (χ2v) is 3.91. The molecular formula is C11H8ClFN2O2. The third-order valence-corrected chi connectivity index (χ3v) is 2.48. The van der Waals surface area contributed by atoms with Crippen LogP contribution in [-0.4, -0.2) is 9.55 Å². The van der Waals surface area contributed by atoms with Crippen LogP contribution in [0.5, 0.6) is 0 Å². The van der Waals surface area contributed by atoms with Crippen molar-refractivity contribution in [3.63, 3.8) is 0 Å². The summed E-state index contributed by atoms with van der Waals surface area (Å²) < 4.78 is 14.6. The summed E-state index contributed by atoms with van der Waals surface area (Å²) in [6, 6.07) is 5.29. The number of nitrogens with zero attached hydrogens (tertiary/aromatic N) is 1. The lowest BCUT2D eigenvalue weighted by Crippen LogP contribution is -2.29. The molecule has 1 heterocycles. The molecule has 0 saturated heterocycles. The van der Waals surface area contributed by atoms with Gasteiger partial charge in [-0.1, -0.05) is 11.6 Å². The van der Waals surface area contributed by atoms with Crippen LogP contribution in [0.15, 0.2) is 40.1 Å². The summed E-state index contributed by atoms with van der Waals surface area (Å²) in [6.45, 7) is 0.0159. The first-order valence-corrected chi connectivity index (χ1v) is 5.18. The first-order chi connectivity index (χ1) is 8.06. The van der Waals surface area contributed by atoms with E-state index in [-0.39, 0.29) is 12.1 Å². The first-order valence-electron chi connectivity index (χ1n) is 4.80. The minimum Gasteiger partial charge on any atom is -0.296 e. The Morgan fingerprint density at radius 2 is 2.06 bits per heavy atom. The molecule has 0 amide bonds. The van der Waals surface area contributed by atoms with Gasteiger partial charge in [-0.3, -0.25) is 14.3 Å². The summed E-state index contributed by atoms with van der Waals surface area (Å²) in [5.74, 6) is -0.451. The van der Waals surface area contributed by atoms with Gasteiger partial charge in [-0.25, -0.2) is 9.18 Å². The van der Waals surface area contributed by atoms with Crippen LogP contribution >= 0.6 is 11.6 Å².